The Hall–Kier alpha value is -2.96. The molecule has 2 heterocycles. The SMILES string of the molecule is Cc1nnc(COC(=O)c2ccc(-n3ccnc3)cc2)n1C. The molecule has 0 fully saturated rings. The molecule has 0 unspecified atom stereocenters. The highest BCUT2D eigenvalue weighted by atomic mass is 16.5. The van der Waals surface area contributed by atoms with Crippen LogP contribution in [0.4, 0.5) is 0 Å². The van der Waals surface area contributed by atoms with Crippen LogP contribution in [0.2, 0.25) is 0 Å². The number of ether oxygens (including phenoxy) is 1. The molecule has 3 aromatic rings. The first-order valence-corrected chi connectivity index (χ1v) is 6.75. The van der Waals surface area contributed by atoms with Gasteiger partial charge < -0.3 is 13.9 Å². The van der Waals surface area contributed by atoms with Gasteiger partial charge in [-0.25, -0.2) is 9.78 Å². The molecule has 0 amide bonds. The monoisotopic (exact) mass is 297 g/mol. The lowest BCUT2D eigenvalue weighted by atomic mass is 10.2. The van der Waals surface area contributed by atoms with E-state index in [0.717, 1.165) is 11.5 Å². The fourth-order valence-electron chi connectivity index (χ4n) is 1.97. The number of nitrogens with zero attached hydrogens (tertiary/aromatic N) is 5. The largest absolute Gasteiger partial charge is 0.454 e. The van der Waals surface area contributed by atoms with E-state index in [9.17, 15) is 4.79 Å². The first kappa shape index (κ1) is 14.0. The molecular weight excluding hydrogens is 282 g/mol. The molecule has 0 spiro atoms. The highest BCUT2D eigenvalue weighted by Crippen LogP contribution is 2.11. The van der Waals surface area contributed by atoms with Crippen molar-refractivity contribution in [1.82, 2.24) is 24.3 Å². The van der Waals surface area contributed by atoms with Crippen LogP contribution in [0.5, 0.6) is 0 Å². The summed E-state index contributed by atoms with van der Waals surface area (Å²) in [4.78, 5) is 16.0. The zero-order valence-electron chi connectivity index (χ0n) is 12.3. The first-order chi connectivity index (χ1) is 10.6. The summed E-state index contributed by atoms with van der Waals surface area (Å²) in [6.07, 6.45) is 5.23. The minimum Gasteiger partial charge on any atom is -0.454 e. The minimum absolute atomic E-state index is 0.0967. The number of hydrogen-bond acceptors (Lipinski definition) is 5. The maximum atomic E-state index is 12.0. The van der Waals surface area contributed by atoms with Crippen LogP contribution in [-0.2, 0) is 18.4 Å². The Kier molecular flexibility index (Phi) is 3.69. The molecule has 7 heteroatoms. The quantitative estimate of drug-likeness (QED) is 0.685. The Morgan fingerprint density at radius 3 is 2.59 bits per heavy atom. The third kappa shape index (κ3) is 2.73. The predicted octanol–water partition coefficient (Wildman–Crippen LogP) is 1.67. The molecule has 1 aromatic carbocycles. The molecule has 0 aliphatic heterocycles. The summed E-state index contributed by atoms with van der Waals surface area (Å²) in [6.45, 7) is 1.94. The second-order valence-corrected chi connectivity index (χ2v) is 4.82. The second-order valence-electron chi connectivity index (χ2n) is 4.82. The first-order valence-electron chi connectivity index (χ1n) is 6.75. The van der Waals surface area contributed by atoms with E-state index in [1.165, 1.54) is 0 Å². The average molecular weight is 297 g/mol. The molecule has 22 heavy (non-hydrogen) atoms. The van der Waals surface area contributed by atoms with E-state index in [4.69, 9.17) is 4.74 Å². The highest BCUT2D eigenvalue weighted by molar-refractivity contribution is 5.89. The molecule has 7 nitrogen and oxygen atoms in total. The van der Waals surface area contributed by atoms with Gasteiger partial charge in [-0.15, -0.1) is 10.2 Å². The molecular formula is C15H15N5O2. The van der Waals surface area contributed by atoms with Gasteiger partial charge in [0.25, 0.3) is 0 Å². The predicted molar refractivity (Wildman–Crippen MR) is 78.4 cm³/mol. The topological polar surface area (TPSA) is 74.8 Å². The second kappa shape index (κ2) is 5.80. The van der Waals surface area contributed by atoms with Gasteiger partial charge in [0.05, 0.1) is 11.9 Å². The summed E-state index contributed by atoms with van der Waals surface area (Å²) in [5.74, 6) is 0.995. The fraction of sp³-hybridized carbons (Fsp3) is 0.200. The third-order valence-electron chi connectivity index (χ3n) is 3.42. The van der Waals surface area contributed by atoms with Crippen molar-refractivity contribution < 1.29 is 9.53 Å². The molecule has 112 valence electrons. The lowest BCUT2D eigenvalue weighted by Gasteiger charge is -2.06. The van der Waals surface area contributed by atoms with Gasteiger partial charge in [-0.3, -0.25) is 0 Å². The Morgan fingerprint density at radius 2 is 2.00 bits per heavy atom. The number of rotatable bonds is 4. The van der Waals surface area contributed by atoms with Crippen LogP contribution in [0.1, 0.15) is 22.0 Å². The van der Waals surface area contributed by atoms with Crippen LogP contribution in [0, 0.1) is 6.92 Å². The smallest absolute Gasteiger partial charge is 0.338 e. The average Bonchev–Trinajstić information content (AvgIpc) is 3.17. The van der Waals surface area contributed by atoms with Crippen molar-refractivity contribution in [3.8, 4) is 5.69 Å². The zero-order chi connectivity index (χ0) is 15.5. The molecule has 0 radical (unpaired) electrons. The van der Waals surface area contributed by atoms with E-state index < -0.39 is 5.97 Å². The summed E-state index contributed by atoms with van der Waals surface area (Å²) in [6, 6.07) is 7.12. The van der Waals surface area contributed by atoms with Crippen molar-refractivity contribution in [3.63, 3.8) is 0 Å². The van der Waals surface area contributed by atoms with Gasteiger partial charge in [0.15, 0.2) is 12.4 Å². The van der Waals surface area contributed by atoms with Crippen LogP contribution >= 0.6 is 0 Å². The number of esters is 1. The number of carbonyl (C=O) groups is 1. The standard InChI is InChI=1S/C15H15N5O2/c1-11-17-18-14(19(11)2)9-22-15(21)12-3-5-13(6-4-12)20-8-7-16-10-20/h3-8,10H,9H2,1-2H3. The van der Waals surface area contributed by atoms with Crippen LogP contribution in [0.3, 0.4) is 0 Å². The Balaban J connectivity index is 1.66. The number of carbonyl (C=O) groups excluding carboxylic acids is 1. The molecule has 0 bridgehead atoms. The normalized spacial score (nSPS) is 10.6. The van der Waals surface area contributed by atoms with Gasteiger partial charge in [-0.05, 0) is 31.2 Å². The molecule has 0 aliphatic carbocycles. The summed E-state index contributed by atoms with van der Waals surface area (Å²) in [5, 5.41) is 7.87. The summed E-state index contributed by atoms with van der Waals surface area (Å²) in [5.41, 5.74) is 1.42. The number of hydrogen-bond donors (Lipinski definition) is 0. The number of imidazole rings is 1. The van der Waals surface area contributed by atoms with E-state index >= 15 is 0 Å². The fourth-order valence-corrected chi connectivity index (χ4v) is 1.97. The van der Waals surface area contributed by atoms with E-state index in [1.807, 2.05) is 36.9 Å². The number of benzene rings is 1. The molecule has 0 saturated heterocycles. The maximum absolute atomic E-state index is 12.0. The summed E-state index contributed by atoms with van der Waals surface area (Å²) < 4.78 is 8.90. The van der Waals surface area contributed by atoms with Crippen molar-refractivity contribution in [3.05, 3.63) is 60.2 Å². The molecule has 2 aromatic heterocycles. The van der Waals surface area contributed by atoms with E-state index in [0.29, 0.717) is 11.4 Å². The van der Waals surface area contributed by atoms with Crippen LogP contribution in [0.25, 0.3) is 5.69 Å². The van der Waals surface area contributed by atoms with Gasteiger partial charge in [0.2, 0.25) is 0 Å². The highest BCUT2D eigenvalue weighted by Gasteiger charge is 2.11. The molecule has 0 saturated carbocycles. The van der Waals surface area contributed by atoms with Crippen LogP contribution in [-0.4, -0.2) is 30.3 Å². The van der Waals surface area contributed by atoms with Gasteiger partial charge in [0.1, 0.15) is 5.82 Å². The number of aromatic nitrogens is 5. The lowest BCUT2D eigenvalue weighted by molar-refractivity contribution is 0.0458. The summed E-state index contributed by atoms with van der Waals surface area (Å²) >= 11 is 0. The van der Waals surface area contributed by atoms with Crippen molar-refractivity contribution >= 4 is 5.97 Å². The van der Waals surface area contributed by atoms with E-state index in [1.54, 1.807) is 29.2 Å². The molecule has 0 atom stereocenters. The third-order valence-corrected chi connectivity index (χ3v) is 3.42. The Morgan fingerprint density at radius 1 is 1.23 bits per heavy atom. The molecule has 0 aliphatic rings. The molecule has 3 rings (SSSR count). The number of aryl methyl sites for hydroxylation is 1. The van der Waals surface area contributed by atoms with Gasteiger partial charge in [0, 0.05) is 25.1 Å². The summed E-state index contributed by atoms with van der Waals surface area (Å²) in [7, 11) is 1.83. The van der Waals surface area contributed by atoms with Crippen molar-refractivity contribution in [1.29, 1.82) is 0 Å². The van der Waals surface area contributed by atoms with E-state index in [-0.39, 0.29) is 6.61 Å². The van der Waals surface area contributed by atoms with Crippen molar-refractivity contribution in [2.45, 2.75) is 13.5 Å². The van der Waals surface area contributed by atoms with Gasteiger partial charge in [-0.1, -0.05) is 0 Å². The van der Waals surface area contributed by atoms with Crippen LogP contribution in [0.15, 0.2) is 43.0 Å². The van der Waals surface area contributed by atoms with Crippen molar-refractivity contribution in [2.24, 2.45) is 7.05 Å². The van der Waals surface area contributed by atoms with Gasteiger partial charge >= 0.3 is 5.97 Å². The van der Waals surface area contributed by atoms with Crippen molar-refractivity contribution in [2.75, 3.05) is 0 Å². The van der Waals surface area contributed by atoms with Gasteiger partial charge in [-0.2, -0.15) is 0 Å². The lowest BCUT2D eigenvalue weighted by Crippen LogP contribution is -2.09. The minimum atomic E-state index is -0.391. The van der Waals surface area contributed by atoms with Crippen LogP contribution < -0.4 is 0 Å². The maximum Gasteiger partial charge on any atom is 0.338 e. The van der Waals surface area contributed by atoms with E-state index in [2.05, 4.69) is 15.2 Å². The Bertz CT molecular complexity index is 775. The zero-order valence-corrected chi connectivity index (χ0v) is 12.3. The molecule has 0 N–H and O–H groups in total. The Labute approximate surface area is 127 Å².